The topological polar surface area (TPSA) is 104 Å². The maximum atomic E-state index is 12.4. The van der Waals surface area contributed by atoms with E-state index >= 15 is 0 Å². The molecule has 0 bridgehead atoms. The van der Waals surface area contributed by atoms with Crippen LogP contribution in [-0.4, -0.2) is 86.3 Å². The van der Waals surface area contributed by atoms with Crippen LogP contribution in [0.5, 0.6) is 5.75 Å². The van der Waals surface area contributed by atoms with Crippen LogP contribution in [0.4, 0.5) is 5.69 Å². The number of rotatable bonds is 20. The second-order valence-electron chi connectivity index (χ2n) is 12.3. The summed E-state index contributed by atoms with van der Waals surface area (Å²) >= 11 is 0. The van der Waals surface area contributed by atoms with Gasteiger partial charge in [-0.1, -0.05) is 58.6 Å². The predicted molar refractivity (Wildman–Crippen MR) is 183 cm³/mol. The van der Waals surface area contributed by atoms with Crippen LogP contribution in [0.15, 0.2) is 47.4 Å². The van der Waals surface area contributed by atoms with E-state index in [4.69, 9.17) is 14.2 Å². The lowest BCUT2D eigenvalue weighted by Crippen LogP contribution is -2.42. The fraction of sp³-hybridized carbons (Fsp3) is 0.657. The molecule has 0 radical (unpaired) electrons. The van der Waals surface area contributed by atoms with Crippen LogP contribution in [0.2, 0.25) is 0 Å². The second kappa shape index (κ2) is 18.3. The molecule has 3 rings (SSSR count). The Morgan fingerprint density at radius 2 is 1.55 bits per heavy atom. The number of aliphatic hydroxyl groups is 1. The largest absolute Gasteiger partial charge is 0.491 e. The minimum atomic E-state index is -3.15. The van der Waals surface area contributed by atoms with Crippen molar-refractivity contribution in [1.82, 2.24) is 5.32 Å². The number of nitrogens with one attached hydrogen (secondary N) is 1. The quantitative estimate of drug-likeness (QED) is 0.114. The Kier molecular flexibility index (Phi) is 15.3. The highest BCUT2D eigenvalue weighted by atomic mass is 32.3. The molecule has 8 nitrogen and oxygen atoms in total. The minimum Gasteiger partial charge on any atom is -0.491 e. The zero-order valence-corrected chi connectivity index (χ0v) is 28.5. The number of nitrogens with zero attached hydrogens (tertiary/aromatic N) is 1. The average Bonchev–Trinajstić information content (AvgIpc) is 3.08. The molecule has 2 aromatic carbocycles. The maximum Gasteiger partial charge on any atom is 0.119 e. The molecule has 1 heterocycles. The van der Waals surface area contributed by atoms with Gasteiger partial charge in [0.25, 0.3) is 0 Å². The number of benzene rings is 2. The van der Waals surface area contributed by atoms with Gasteiger partial charge in [-0.3, -0.25) is 9.11 Å². The molecule has 0 spiro atoms. The van der Waals surface area contributed by atoms with Gasteiger partial charge >= 0.3 is 0 Å². The molecule has 4 N–H and O–H groups in total. The monoisotopic (exact) mass is 634 g/mol. The van der Waals surface area contributed by atoms with Crippen molar-refractivity contribution in [2.75, 3.05) is 70.9 Å². The first-order chi connectivity index (χ1) is 21.2. The van der Waals surface area contributed by atoms with Crippen molar-refractivity contribution in [2.24, 2.45) is 5.41 Å². The van der Waals surface area contributed by atoms with Gasteiger partial charge in [-0.2, -0.15) is 10.6 Å². The van der Waals surface area contributed by atoms with E-state index in [0.29, 0.717) is 43.7 Å². The summed E-state index contributed by atoms with van der Waals surface area (Å²) in [5.74, 6) is 0.444. The number of hydrogen-bond acceptors (Lipinski definition) is 8. The highest BCUT2D eigenvalue weighted by Gasteiger charge is 2.49. The molecule has 0 amide bonds. The van der Waals surface area contributed by atoms with E-state index in [-0.39, 0.29) is 5.75 Å². The Balaban J connectivity index is 1.83. The lowest BCUT2D eigenvalue weighted by atomic mass is 9.68. The molecule has 1 aliphatic rings. The van der Waals surface area contributed by atoms with Crippen molar-refractivity contribution in [3.8, 4) is 5.75 Å². The number of anilines is 1. The van der Waals surface area contributed by atoms with Gasteiger partial charge < -0.3 is 29.5 Å². The molecule has 2 atom stereocenters. The van der Waals surface area contributed by atoms with Gasteiger partial charge in [-0.05, 0) is 67.3 Å². The third-order valence-corrected chi connectivity index (χ3v) is 10.7. The summed E-state index contributed by atoms with van der Waals surface area (Å²) in [7, 11) is 0.802. The van der Waals surface area contributed by atoms with E-state index in [1.54, 1.807) is 0 Å². The van der Waals surface area contributed by atoms with Gasteiger partial charge in [0.05, 0.1) is 43.2 Å². The van der Waals surface area contributed by atoms with Gasteiger partial charge in [-0.25, -0.2) is 0 Å². The van der Waals surface area contributed by atoms with Crippen LogP contribution < -0.4 is 15.0 Å². The molecule has 44 heavy (non-hydrogen) atoms. The van der Waals surface area contributed by atoms with Gasteiger partial charge in [0.15, 0.2) is 0 Å². The molecule has 250 valence electrons. The van der Waals surface area contributed by atoms with Crippen LogP contribution in [0.3, 0.4) is 0 Å². The Bertz CT molecular complexity index is 1110. The van der Waals surface area contributed by atoms with Crippen LogP contribution >= 0.6 is 10.6 Å². The van der Waals surface area contributed by atoms with E-state index in [1.165, 1.54) is 0 Å². The zero-order chi connectivity index (χ0) is 32.0. The van der Waals surface area contributed by atoms with Crippen LogP contribution in [0.1, 0.15) is 82.8 Å². The molecule has 0 aliphatic carbocycles. The Labute approximate surface area is 267 Å². The summed E-state index contributed by atoms with van der Waals surface area (Å²) in [5, 5.41) is 15.8. The van der Waals surface area contributed by atoms with Gasteiger partial charge in [-0.15, -0.1) is 0 Å². The highest BCUT2D eigenvalue weighted by Crippen LogP contribution is 2.62. The van der Waals surface area contributed by atoms with Crippen LogP contribution in [0, 0.1) is 5.41 Å². The van der Waals surface area contributed by atoms with Crippen LogP contribution in [-0.2, 0) is 9.47 Å². The van der Waals surface area contributed by atoms with E-state index in [0.717, 1.165) is 74.8 Å². The summed E-state index contributed by atoms with van der Waals surface area (Å²) in [6.07, 6.45) is 5.63. The third kappa shape index (κ3) is 10.1. The number of unbranched alkanes of at least 4 members (excludes halogenated alkanes) is 2. The average molecular weight is 635 g/mol. The number of hydrogen-bond donors (Lipinski definition) is 4. The summed E-state index contributed by atoms with van der Waals surface area (Å²) in [6.45, 7) is 10.9. The SMILES string of the molecule is CCCCC1(CCCC)CS(O)(O)c2ccc(N(C)C)cc2[C@H](c2cccc(OCCOCCOCCNCCC)c2)[C@@H]1O. The first-order valence-electron chi connectivity index (χ1n) is 16.5. The van der Waals surface area contributed by atoms with Crippen LogP contribution in [0.25, 0.3) is 0 Å². The summed E-state index contributed by atoms with van der Waals surface area (Å²) < 4.78 is 40.9. The van der Waals surface area contributed by atoms with E-state index in [9.17, 15) is 14.2 Å². The van der Waals surface area contributed by atoms with Gasteiger partial charge in [0, 0.05) is 37.7 Å². The summed E-state index contributed by atoms with van der Waals surface area (Å²) in [4.78, 5) is 2.56. The molecule has 1 aliphatic heterocycles. The Morgan fingerprint density at radius 1 is 0.864 bits per heavy atom. The van der Waals surface area contributed by atoms with Crippen molar-refractivity contribution >= 4 is 16.3 Å². The van der Waals surface area contributed by atoms with E-state index in [2.05, 4.69) is 26.1 Å². The number of fused-ring (bicyclic) bond motifs is 1. The Morgan fingerprint density at radius 3 is 2.20 bits per heavy atom. The molecule has 0 unspecified atom stereocenters. The fourth-order valence-electron chi connectivity index (χ4n) is 6.21. The molecule has 0 aromatic heterocycles. The molecule has 0 fully saturated rings. The molecule has 0 saturated heterocycles. The number of ether oxygens (including phenoxy) is 3. The normalized spacial score (nSPS) is 19.6. The standard InChI is InChI=1S/C35H58N2O6S/c1-6-9-16-35(17-10-7-2)27-44(39,40)32-15-14-29(37(4)5)26-31(32)33(34(35)38)28-12-11-13-30(25-28)43-24-23-42-22-21-41-20-19-36-18-8-3/h11-15,25-26,33-34,36,38-40H,6-10,16-24,27H2,1-5H3/t33-,34-/m0/s1. The van der Waals surface area contributed by atoms with Crippen molar-refractivity contribution < 1.29 is 28.4 Å². The lowest BCUT2D eigenvalue weighted by Gasteiger charge is -2.44. The van der Waals surface area contributed by atoms with Crippen molar-refractivity contribution in [3.05, 3.63) is 53.6 Å². The van der Waals surface area contributed by atoms with Crippen molar-refractivity contribution in [1.29, 1.82) is 0 Å². The summed E-state index contributed by atoms with van der Waals surface area (Å²) in [5.41, 5.74) is 2.03. The van der Waals surface area contributed by atoms with Crippen molar-refractivity contribution in [2.45, 2.75) is 82.6 Å². The molecule has 2 aromatic rings. The molecular formula is C35H58N2O6S. The predicted octanol–water partition coefficient (Wildman–Crippen LogP) is 7.15. The van der Waals surface area contributed by atoms with Gasteiger partial charge in [0.2, 0.25) is 0 Å². The molecular weight excluding hydrogens is 576 g/mol. The Hall–Kier alpha value is -1.85. The number of aliphatic hydroxyl groups excluding tert-OH is 1. The molecule has 0 saturated carbocycles. The van der Waals surface area contributed by atoms with Gasteiger partial charge in [0.1, 0.15) is 12.4 Å². The first kappa shape index (κ1) is 36.6. The zero-order valence-electron chi connectivity index (χ0n) is 27.7. The third-order valence-electron chi connectivity index (χ3n) is 8.62. The lowest BCUT2D eigenvalue weighted by molar-refractivity contribution is 0.0118. The maximum absolute atomic E-state index is 12.4. The smallest absolute Gasteiger partial charge is 0.119 e. The summed E-state index contributed by atoms with van der Waals surface area (Å²) in [6, 6.07) is 13.7. The van der Waals surface area contributed by atoms with E-state index in [1.807, 2.05) is 61.5 Å². The fourth-order valence-corrected chi connectivity index (χ4v) is 8.48. The second-order valence-corrected chi connectivity index (χ2v) is 14.4. The highest BCUT2D eigenvalue weighted by molar-refractivity contribution is 8.24. The first-order valence-corrected chi connectivity index (χ1v) is 18.2. The molecule has 9 heteroatoms. The minimum absolute atomic E-state index is 0.179. The van der Waals surface area contributed by atoms with Crippen molar-refractivity contribution in [3.63, 3.8) is 0 Å². The van der Waals surface area contributed by atoms with E-state index < -0.39 is 28.0 Å².